The third-order valence-electron chi connectivity index (χ3n) is 2.62. The maximum Gasteiger partial charge on any atom is 0.233 e. The van der Waals surface area contributed by atoms with Crippen LogP contribution in [0.15, 0.2) is 36.4 Å². The van der Waals surface area contributed by atoms with Gasteiger partial charge in [0.2, 0.25) is 5.88 Å². The van der Waals surface area contributed by atoms with E-state index >= 15 is 0 Å². The Bertz CT molecular complexity index is 497. The predicted molar refractivity (Wildman–Crippen MR) is 70.3 cm³/mol. The fourth-order valence-corrected chi connectivity index (χ4v) is 1.71. The van der Waals surface area contributed by atoms with Crippen LogP contribution < -0.4 is 10.1 Å². The second-order valence-electron chi connectivity index (χ2n) is 4.16. The van der Waals surface area contributed by atoms with Crippen molar-refractivity contribution in [1.82, 2.24) is 15.5 Å². The molecule has 0 spiro atoms. The van der Waals surface area contributed by atoms with Crippen LogP contribution in [-0.2, 0) is 13.1 Å². The number of ether oxygens (including phenoxy) is 1. The van der Waals surface area contributed by atoms with Gasteiger partial charge in [0.05, 0.1) is 12.8 Å². The first kappa shape index (κ1) is 12.5. The third-order valence-corrected chi connectivity index (χ3v) is 2.62. The Kier molecular flexibility index (Phi) is 4.25. The molecular weight excluding hydrogens is 226 g/mol. The quantitative estimate of drug-likeness (QED) is 0.873. The molecule has 0 atom stereocenters. The summed E-state index contributed by atoms with van der Waals surface area (Å²) in [5, 5.41) is 11.3. The molecule has 0 radical (unpaired) electrons. The molecule has 0 saturated carbocycles. The Labute approximate surface area is 107 Å². The maximum atomic E-state index is 4.96. The molecule has 0 aliphatic heterocycles. The van der Waals surface area contributed by atoms with Crippen molar-refractivity contribution in [2.45, 2.75) is 20.0 Å². The van der Waals surface area contributed by atoms with Crippen molar-refractivity contribution in [1.29, 1.82) is 0 Å². The largest absolute Gasteiger partial charge is 0.480 e. The number of benzene rings is 1. The summed E-state index contributed by atoms with van der Waals surface area (Å²) >= 11 is 0. The van der Waals surface area contributed by atoms with Crippen molar-refractivity contribution in [3.63, 3.8) is 0 Å². The minimum Gasteiger partial charge on any atom is -0.480 e. The van der Waals surface area contributed by atoms with Crippen LogP contribution in [-0.4, -0.2) is 17.3 Å². The summed E-state index contributed by atoms with van der Waals surface area (Å²) in [7, 11) is 1.58. The lowest BCUT2D eigenvalue weighted by Crippen LogP contribution is -2.14. The van der Waals surface area contributed by atoms with Crippen molar-refractivity contribution in [3.8, 4) is 5.88 Å². The molecule has 0 amide bonds. The Hall–Kier alpha value is -1.94. The predicted octanol–water partition coefficient (Wildman–Crippen LogP) is 2.08. The number of aromatic nitrogens is 2. The second kappa shape index (κ2) is 6.12. The van der Waals surface area contributed by atoms with E-state index in [0.717, 1.165) is 12.2 Å². The number of rotatable bonds is 5. The van der Waals surface area contributed by atoms with E-state index in [4.69, 9.17) is 4.74 Å². The Morgan fingerprint density at radius 3 is 2.67 bits per heavy atom. The van der Waals surface area contributed by atoms with Crippen LogP contribution in [0, 0.1) is 6.92 Å². The molecule has 1 N–H and O–H groups in total. The monoisotopic (exact) mass is 243 g/mol. The summed E-state index contributed by atoms with van der Waals surface area (Å²) < 4.78 is 4.96. The van der Waals surface area contributed by atoms with Gasteiger partial charge in [0.15, 0.2) is 0 Å². The standard InChI is InChI=1S/C14H17N3O/c1-11-4-3-5-12(8-11)9-15-10-13-6-7-14(18-2)17-16-13/h3-8,15H,9-10H2,1-2H3. The highest BCUT2D eigenvalue weighted by Gasteiger charge is 1.98. The lowest BCUT2D eigenvalue weighted by molar-refractivity contribution is 0.390. The first-order valence-electron chi connectivity index (χ1n) is 5.91. The summed E-state index contributed by atoms with van der Waals surface area (Å²) in [6, 6.07) is 12.2. The lowest BCUT2D eigenvalue weighted by Gasteiger charge is -2.05. The normalized spacial score (nSPS) is 10.3. The van der Waals surface area contributed by atoms with Gasteiger partial charge < -0.3 is 10.1 Å². The number of methoxy groups -OCH3 is 1. The van der Waals surface area contributed by atoms with Gasteiger partial charge in [-0.25, -0.2) is 0 Å². The Morgan fingerprint density at radius 2 is 2.00 bits per heavy atom. The van der Waals surface area contributed by atoms with E-state index < -0.39 is 0 Å². The van der Waals surface area contributed by atoms with Gasteiger partial charge in [-0.1, -0.05) is 29.8 Å². The van der Waals surface area contributed by atoms with Crippen molar-refractivity contribution in [2.24, 2.45) is 0 Å². The van der Waals surface area contributed by atoms with E-state index in [0.29, 0.717) is 12.4 Å². The van der Waals surface area contributed by atoms with E-state index in [1.165, 1.54) is 11.1 Å². The highest BCUT2D eigenvalue weighted by Crippen LogP contribution is 2.05. The molecule has 1 aromatic carbocycles. The van der Waals surface area contributed by atoms with Crippen molar-refractivity contribution >= 4 is 0 Å². The zero-order valence-corrected chi connectivity index (χ0v) is 10.7. The molecule has 2 aromatic rings. The minimum absolute atomic E-state index is 0.539. The highest BCUT2D eigenvalue weighted by atomic mass is 16.5. The number of hydrogen-bond acceptors (Lipinski definition) is 4. The van der Waals surface area contributed by atoms with Crippen molar-refractivity contribution in [2.75, 3.05) is 7.11 Å². The highest BCUT2D eigenvalue weighted by molar-refractivity contribution is 5.22. The number of nitrogens with zero attached hydrogens (tertiary/aromatic N) is 2. The molecular formula is C14H17N3O. The van der Waals surface area contributed by atoms with Crippen LogP contribution in [0.3, 0.4) is 0 Å². The molecule has 2 rings (SSSR count). The summed E-state index contributed by atoms with van der Waals surface area (Å²) in [6.45, 7) is 3.62. The van der Waals surface area contributed by atoms with Gasteiger partial charge in [0.25, 0.3) is 0 Å². The van der Waals surface area contributed by atoms with E-state index in [1.807, 2.05) is 12.1 Å². The molecule has 1 aromatic heterocycles. The molecule has 0 unspecified atom stereocenters. The summed E-state index contributed by atoms with van der Waals surface area (Å²) in [5.41, 5.74) is 3.46. The minimum atomic E-state index is 0.539. The number of nitrogens with one attached hydrogen (secondary N) is 1. The van der Waals surface area contributed by atoms with Crippen LogP contribution >= 0.6 is 0 Å². The van der Waals surface area contributed by atoms with Crippen LogP contribution in [0.25, 0.3) is 0 Å². The molecule has 4 heteroatoms. The van der Waals surface area contributed by atoms with Gasteiger partial charge in [-0.2, -0.15) is 5.10 Å². The Morgan fingerprint density at radius 1 is 1.11 bits per heavy atom. The molecule has 0 saturated heterocycles. The van der Waals surface area contributed by atoms with E-state index in [2.05, 4.69) is 46.7 Å². The summed E-state index contributed by atoms with van der Waals surface area (Å²) in [6.07, 6.45) is 0. The first-order chi connectivity index (χ1) is 8.78. The second-order valence-corrected chi connectivity index (χ2v) is 4.16. The number of aryl methyl sites for hydroxylation is 1. The maximum absolute atomic E-state index is 4.96. The zero-order chi connectivity index (χ0) is 12.8. The fourth-order valence-electron chi connectivity index (χ4n) is 1.71. The van der Waals surface area contributed by atoms with Crippen LogP contribution in [0.2, 0.25) is 0 Å². The zero-order valence-electron chi connectivity index (χ0n) is 10.7. The van der Waals surface area contributed by atoms with Gasteiger partial charge >= 0.3 is 0 Å². The molecule has 0 bridgehead atoms. The lowest BCUT2D eigenvalue weighted by atomic mass is 10.1. The van der Waals surface area contributed by atoms with E-state index in [9.17, 15) is 0 Å². The van der Waals surface area contributed by atoms with Gasteiger partial charge in [-0.15, -0.1) is 5.10 Å². The van der Waals surface area contributed by atoms with E-state index in [-0.39, 0.29) is 0 Å². The van der Waals surface area contributed by atoms with Crippen LogP contribution in [0.1, 0.15) is 16.8 Å². The third kappa shape index (κ3) is 3.53. The Balaban J connectivity index is 1.84. The van der Waals surface area contributed by atoms with Crippen molar-refractivity contribution in [3.05, 3.63) is 53.2 Å². The van der Waals surface area contributed by atoms with Gasteiger partial charge in [-0.3, -0.25) is 0 Å². The molecule has 0 aliphatic carbocycles. The van der Waals surface area contributed by atoms with Crippen LogP contribution in [0.5, 0.6) is 5.88 Å². The van der Waals surface area contributed by atoms with Gasteiger partial charge in [0.1, 0.15) is 0 Å². The SMILES string of the molecule is COc1ccc(CNCc2cccc(C)c2)nn1. The summed E-state index contributed by atoms with van der Waals surface area (Å²) in [4.78, 5) is 0. The molecule has 0 fully saturated rings. The molecule has 1 heterocycles. The topological polar surface area (TPSA) is 47.0 Å². The first-order valence-corrected chi connectivity index (χ1v) is 5.91. The number of hydrogen-bond donors (Lipinski definition) is 1. The smallest absolute Gasteiger partial charge is 0.233 e. The van der Waals surface area contributed by atoms with Gasteiger partial charge in [0, 0.05) is 19.2 Å². The van der Waals surface area contributed by atoms with Gasteiger partial charge in [-0.05, 0) is 18.6 Å². The molecule has 18 heavy (non-hydrogen) atoms. The average Bonchev–Trinajstić information content (AvgIpc) is 2.40. The summed E-state index contributed by atoms with van der Waals surface area (Å²) in [5.74, 6) is 0.539. The molecule has 94 valence electrons. The molecule has 0 aliphatic rings. The van der Waals surface area contributed by atoms with Crippen molar-refractivity contribution < 1.29 is 4.74 Å². The fraction of sp³-hybridized carbons (Fsp3) is 0.286. The van der Waals surface area contributed by atoms with E-state index in [1.54, 1.807) is 7.11 Å². The molecule has 4 nitrogen and oxygen atoms in total. The van der Waals surface area contributed by atoms with Crippen LogP contribution in [0.4, 0.5) is 0 Å². The average molecular weight is 243 g/mol.